The number of hydrazine groups is 1. The maximum absolute atomic E-state index is 14.1. The van der Waals surface area contributed by atoms with E-state index >= 15 is 0 Å². The van der Waals surface area contributed by atoms with Gasteiger partial charge in [-0.25, -0.2) is 14.2 Å². The molecule has 0 spiro atoms. The van der Waals surface area contributed by atoms with Crippen LogP contribution in [0.5, 0.6) is 0 Å². The fourth-order valence-electron chi connectivity index (χ4n) is 2.59. The molecule has 0 atom stereocenters. The van der Waals surface area contributed by atoms with E-state index in [0.717, 1.165) is 30.7 Å². The van der Waals surface area contributed by atoms with E-state index in [-0.39, 0.29) is 0 Å². The monoisotopic (exact) mass is 381 g/mol. The number of piperidine rings is 1. The summed E-state index contributed by atoms with van der Waals surface area (Å²) in [4.78, 5) is 13.2. The maximum Gasteiger partial charge on any atom is 0.373 e. The summed E-state index contributed by atoms with van der Waals surface area (Å²) in [5, 5.41) is 10.1. The Balaban J connectivity index is 1.81. The molecule has 3 rings (SSSR count). The lowest BCUT2D eigenvalue weighted by Crippen LogP contribution is -2.47. The van der Waals surface area contributed by atoms with Gasteiger partial charge in [-0.3, -0.25) is 5.43 Å². The van der Waals surface area contributed by atoms with Crippen LogP contribution in [0, 0.1) is 12.7 Å². The number of carbonyl (C=O) groups excluding carboxylic acids is 1. The number of carbonyl (C=O) groups is 1. The summed E-state index contributed by atoms with van der Waals surface area (Å²) < 4.78 is 14.7. The lowest BCUT2D eigenvalue weighted by Gasteiger charge is -2.26. The highest BCUT2D eigenvalue weighted by Gasteiger charge is 2.19. The fraction of sp³-hybridized carbons (Fsp3) is 0.400. The standard InChI is InChI=1S/C15H17BrFN5O/c1-10-14(12-6-5-11(16)9-13(12)17)19-22(18-10)15(23)20-21-7-3-2-4-8-21/h5-6,9H,2-4,7-8H2,1H3,(H,20,23). The van der Waals surface area contributed by atoms with E-state index in [1.807, 2.05) is 5.01 Å². The molecular weight excluding hydrogens is 365 g/mol. The number of aryl methyl sites for hydroxylation is 1. The molecular formula is C15H17BrFN5O. The van der Waals surface area contributed by atoms with Crippen LogP contribution in [-0.2, 0) is 0 Å². The van der Waals surface area contributed by atoms with Crippen molar-refractivity contribution in [2.45, 2.75) is 26.2 Å². The van der Waals surface area contributed by atoms with E-state index in [4.69, 9.17) is 0 Å². The Labute approximate surface area is 141 Å². The Morgan fingerprint density at radius 3 is 2.70 bits per heavy atom. The van der Waals surface area contributed by atoms with Crippen molar-refractivity contribution in [3.63, 3.8) is 0 Å². The Morgan fingerprint density at radius 1 is 1.26 bits per heavy atom. The van der Waals surface area contributed by atoms with Crippen molar-refractivity contribution in [2.24, 2.45) is 0 Å². The molecule has 0 bridgehead atoms. The molecule has 0 radical (unpaired) electrons. The molecule has 1 fully saturated rings. The first-order valence-electron chi connectivity index (χ1n) is 7.50. The SMILES string of the molecule is Cc1nn(C(=O)NN2CCCCC2)nc1-c1ccc(Br)cc1F. The highest BCUT2D eigenvalue weighted by molar-refractivity contribution is 9.10. The van der Waals surface area contributed by atoms with Gasteiger partial charge in [0.05, 0.1) is 5.69 Å². The van der Waals surface area contributed by atoms with Gasteiger partial charge < -0.3 is 0 Å². The predicted molar refractivity (Wildman–Crippen MR) is 87.2 cm³/mol. The molecule has 0 saturated carbocycles. The fourth-order valence-corrected chi connectivity index (χ4v) is 2.92. The summed E-state index contributed by atoms with van der Waals surface area (Å²) in [5.41, 5.74) is 3.97. The summed E-state index contributed by atoms with van der Waals surface area (Å²) >= 11 is 3.22. The summed E-state index contributed by atoms with van der Waals surface area (Å²) in [6.45, 7) is 3.34. The molecule has 1 aliphatic rings. The third-order valence-corrected chi connectivity index (χ3v) is 4.25. The lowest BCUT2D eigenvalue weighted by molar-refractivity contribution is 0.152. The third kappa shape index (κ3) is 3.59. The second-order valence-corrected chi connectivity index (χ2v) is 6.43. The Hall–Kier alpha value is -1.80. The quantitative estimate of drug-likeness (QED) is 0.867. The van der Waals surface area contributed by atoms with Gasteiger partial charge in [0.25, 0.3) is 0 Å². The molecule has 122 valence electrons. The van der Waals surface area contributed by atoms with Crippen LogP contribution in [0.25, 0.3) is 11.3 Å². The van der Waals surface area contributed by atoms with Gasteiger partial charge in [0.2, 0.25) is 0 Å². The maximum atomic E-state index is 14.1. The molecule has 8 heteroatoms. The van der Waals surface area contributed by atoms with Crippen LogP contribution in [0.3, 0.4) is 0 Å². The van der Waals surface area contributed by atoms with E-state index < -0.39 is 11.8 Å². The van der Waals surface area contributed by atoms with E-state index in [1.54, 1.807) is 19.1 Å². The minimum absolute atomic E-state index is 0.322. The van der Waals surface area contributed by atoms with Crippen LogP contribution >= 0.6 is 15.9 Å². The van der Waals surface area contributed by atoms with Gasteiger partial charge in [-0.05, 0) is 38.0 Å². The third-order valence-electron chi connectivity index (χ3n) is 3.76. The number of hydrogen-bond acceptors (Lipinski definition) is 4. The Bertz CT molecular complexity index is 727. The van der Waals surface area contributed by atoms with Gasteiger partial charge >= 0.3 is 6.03 Å². The minimum Gasteiger partial charge on any atom is -0.267 e. The number of hydrogen-bond donors (Lipinski definition) is 1. The molecule has 6 nitrogen and oxygen atoms in total. The molecule has 2 heterocycles. The van der Waals surface area contributed by atoms with Gasteiger partial charge in [0.15, 0.2) is 0 Å². The smallest absolute Gasteiger partial charge is 0.267 e. The van der Waals surface area contributed by atoms with Gasteiger partial charge in [0.1, 0.15) is 11.5 Å². The summed E-state index contributed by atoms with van der Waals surface area (Å²) in [6.07, 6.45) is 3.29. The van der Waals surface area contributed by atoms with E-state index in [9.17, 15) is 9.18 Å². The molecule has 23 heavy (non-hydrogen) atoms. The van der Waals surface area contributed by atoms with Crippen molar-refractivity contribution in [2.75, 3.05) is 13.1 Å². The first kappa shape index (κ1) is 16.1. The molecule has 0 aliphatic carbocycles. The molecule has 1 N–H and O–H groups in total. The largest absolute Gasteiger partial charge is 0.373 e. The first-order valence-corrected chi connectivity index (χ1v) is 8.29. The topological polar surface area (TPSA) is 63.1 Å². The van der Waals surface area contributed by atoms with Gasteiger partial charge in [0, 0.05) is 23.1 Å². The van der Waals surface area contributed by atoms with Gasteiger partial charge in [-0.1, -0.05) is 27.1 Å². The Morgan fingerprint density at radius 2 is 2.00 bits per heavy atom. The molecule has 2 aromatic rings. The first-order chi connectivity index (χ1) is 11.0. The number of aromatic nitrogens is 3. The molecule has 0 unspecified atom stereocenters. The number of halogens is 2. The van der Waals surface area contributed by atoms with Crippen LogP contribution in [0.1, 0.15) is 25.0 Å². The second-order valence-electron chi connectivity index (χ2n) is 5.51. The van der Waals surface area contributed by atoms with Crippen molar-refractivity contribution < 1.29 is 9.18 Å². The zero-order valence-corrected chi connectivity index (χ0v) is 14.3. The van der Waals surface area contributed by atoms with Crippen LogP contribution in [0.2, 0.25) is 0 Å². The normalized spacial score (nSPS) is 15.6. The summed E-state index contributed by atoms with van der Waals surface area (Å²) in [7, 11) is 0. The van der Waals surface area contributed by atoms with Crippen molar-refractivity contribution in [3.05, 3.63) is 34.2 Å². The average Bonchev–Trinajstić information content (AvgIpc) is 2.90. The number of rotatable bonds is 2. The van der Waals surface area contributed by atoms with Crippen molar-refractivity contribution in [3.8, 4) is 11.3 Å². The molecule has 1 aliphatic heterocycles. The molecule has 1 aromatic heterocycles. The zero-order chi connectivity index (χ0) is 16.4. The summed E-state index contributed by atoms with van der Waals surface area (Å²) in [5.74, 6) is -0.411. The van der Waals surface area contributed by atoms with E-state index in [2.05, 4.69) is 31.6 Å². The second kappa shape index (κ2) is 6.76. The lowest BCUT2D eigenvalue weighted by atomic mass is 10.1. The number of amides is 1. The van der Waals surface area contributed by atoms with Gasteiger partial charge in [-0.15, -0.1) is 10.2 Å². The average molecular weight is 382 g/mol. The van der Waals surface area contributed by atoms with Gasteiger partial charge in [-0.2, -0.15) is 0 Å². The van der Waals surface area contributed by atoms with E-state index in [0.29, 0.717) is 21.4 Å². The highest BCUT2D eigenvalue weighted by Crippen LogP contribution is 2.25. The van der Waals surface area contributed by atoms with E-state index in [1.165, 1.54) is 12.5 Å². The van der Waals surface area contributed by atoms with Crippen LogP contribution < -0.4 is 5.43 Å². The van der Waals surface area contributed by atoms with Crippen LogP contribution in [0.15, 0.2) is 22.7 Å². The number of nitrogens with zero attached hydrogens (tertiary/aromatic N) is 4. The number of benzene rings is 1. The Kier molecular flexibility index (Phi) is 4.72. The zero-order valence-electron chi connectivity index (χ0n) is 12.7. The molecule has 1 aromatic carbocycles. The molecule has 1 saturated heterocycles. The molecule has 1 amide bonds. The van der Waals surface area contributed by atoms with Crippen molar-refractivity contribution in [1.29, 1.82) is 0 Å². The van der Waals surface area contributed by atoms with Crippen molar-refractivity contribution in [1.82, 2.24) is 25.4 Å². The van der Waals surface area contributed by atoms with Crippen LogP contribution in [-0.4, -0.2) is 39.1 Å². The summed E-state index contributed by atoms with van der Waals surface area (Å²) in [6, 6.07) is 4.27. The van der Waals surface area contributed by atoms with Crippen LogP contribution in [0.4, 0.5) is 9.18 Å². The van der Waals surface area contributed by atoms with Crippen molar-refractivity contribution >= 4 is 22.0 Å². The highest BCUT2D eigenvalue weighted by atomic mass is 79.9. The predicted octanol–water partition coefficient (Wildman–Crippen LogP) is 3.11. The number of nitrogens with one attached hydrogen (secondary N) is 1. The minimum atomic E-state index is -0.432.